The highest BCUT2D eigenvalue weighted by Crippen LogP contribution is 2.35. The Hall–Kier alpha value is -2.60. The first-order chi connectivity index (χ1) is 14.0. The number of nitrogens with zero attached hydrogens (tertiary/aromatic N) is 3. The van der Waals surface area contributed by atoms with Crippen molar-refractivity contribution >= 4 is 17.5 Å². The number of nitriles is 1. The molecule has 0 heterocycles. The lowest BCUT2D eigenvalue weighted by atomic mass is 9.81. The summed E-state index contributed by atoms with van der Waals surface area (Å²) in [6, 6.07) is 6.30. The molecule has 1 aliphatic carbocycles. The lowest BCUT2D eigenvalue weighted by Gasteiger charge is -2.41. The van der Waals surface area contributed by atoms with Gasteiger partial charge in [0.1, 0.15) is 5.54 Å². The molecule has 1 aliphatic rings. The van der Waals surface area contributed by atoms with Crippen molar-refractivity contribution in [1.82, 2.24) is 9.80 Å². The maximum absolute atomic E-state index is 13.1. The first-order valence-corrected chi connectivity index (χ1v) is 9.87. The number of hydrogen-bond acceptors (Lipinski definition) is 4. The Morgan fingerprint density at radius 2 is 1.80 bits per heavy atom. The molecule has 1 atom stereocenters. The Morgan fingerprint density at radius 3 is 2.37 bits per heavy atom. The Kier molecular flexibility index (Phi) is 7.48. The van der Waals surface area contributed by atoms with Crippen molar-refractivity contribution in [2.45, 2.75) is 56.8 Å². The van der Waals surface area contributed by atoms with E-state index in [-0.39, 0.29) is 18.1 Å². The molecule has 30 heavy (non-hydrogen) atoms. The summed E-state index contributed by atoms with van der Waals surface area (Å²) in [5.41, 5.74) is -2.11. The standard InChI is InChI=1S/C21H27F3N4O2/c1-15(19(30)28(3)20(14-25)11-7-4-8-12-20)27(2)13-18(29)26-17-10-6-5-9-16(17)21(22,23)24/h5-6,9-10,15H,4,7-8,11-13H2,1-3H3,(H,26,29)/t15-/m1/s1. The molecule has 0 unspecified atom stereocenters. The number of carbonyl (C=O) groups is 2. The molecular weight excluding hydrogens is 397 g/mol. The van der Waals surface area contributed by atoms with E-state index in [1.54, 1.807) is 21.0 Å². The number of hydrogen-bond donors (Lipinski definition) is 1. The smallest absolute Gasteiger partial charge is 0.326 e. The van der Waals surface area contributed by atoms with Crippen LogP contribution >= 0.6 is 0 Å². The zero-order valence-corrected chi connectivity index (χ0v) is 17.4. The molecule has 2 amide bonds. The van der Waals surface area contributed by atoms with Crippen LogP contribution in [0.2, 0.25) is 0 Å². The molecule has 9 heteroatoms. The van der Waals surface area contributed by atoms with Gasteiger partial charge < -0.3 is 10.2 Å². The van der Waals surface area contributed by atoms with Crippen molar-refractivity contribution < 1.29 is 22.8 Å². The molecule has 1 fully saturated rings. The summed E-state index contributed by atoms with van der Waals surface area (Å²) in [5.74, 6) is -0.964. The average molecular weight is 424 g/mol. The molecule has 0 bridgehead atoms. The van der Waals surface area contributed by atoms with Crippen LogP contribution < -0.4 is 5.32 Å². The Morgan fingerprint density at radius 1 is 1.20 bits per heavy atom. The number of anilines is 1. The first kappa shape index (κ1) is 23.7. The number of alkyl halides is 3. The van der Waals surface area contributed by atoms with Crippen LogP contribution in [-0.4, -0.2) is 53.8 Å². The van der Waals surface area contributed by atoms with Gasteiger partial charge in [-0.2, -0.15) is 18.4 Å². The van der Waals surface area contributed by atoms with E-state index < -0.39 is 29.2 Å². The molecule has 0 aromatic heterocycles. The Labute approximate surface area is 174 Å². The van der Waals surface area contributed by atoms with Crippen molar-refractivity contribution in [1.29, 1.82) is 5.26 Å². The summed E-state index contributed by atoms with van der Waals surface area (Å²) in [5, 5.41) is 11.9. The third-order valence-electron chi connectivity index (χ3n) is 5.78. The highest BCUT2D eigenvalue weighted by Gasteiger charge is 2.41. The highest BCUT2D eigenvalue weighted by atomic mass is 19.4. The van der Waals surface area contributed by atoms with E-state index in [4.69, 9.17) is 0 Å². The average Bonchev–Trinajstić information content (AvgIpc) is 2.72. The summed E-state index contributed by atoms with van der Waals surface area (Å²) in [4.78, 5) is 28.2. The normalized spacial score (nSPS) is 17.1. The summed E-state index contributed by atoms with van der Waals surface area (Å²) < 4.78 is 39.3. The van der Waals surface area contributed by atoms with E-state index in [1.165, 1.54) is 28.0 Å². The molecule has 1 aromatic rings. The predicted molar refractivity (Wildman–Crippen MR) is 106 cm³/mol. The van der Waals surface area contributed by atoms with Gasteiger partial charge in [0.15, 0.2) is 0 Å². The van der Waals surface area contributed by atoms with E-state index in [9.17, 15) is 28.0 Å². The molecule has 1 saturated carbocycles. The van der Waals surface area contributed by atoms with Gasteiger partial charge in [-0.05, 0) is 38.9 Å². The summed E-state index contributed by atoms with van der Waals surface area (Å²) in [6.45, 7) is 1.34. The summed E-state index contributed by atoms with van der Waals surface area (Å²) >= 11 is 0. The largest absolute Gasteiger partial charge is 0.418 e. The van der Waals surface area contributed by atoms with Crippen LogP contribution in [0.5, 0.6) is 0 Å². The maximum atomic E-state index is 13.1. The van der Waals surface area contributed by atoms with Gasteiger partial charge in [-0.25, -0.2) is 0 Å². The van der Waals surface area contributed by atoms with Gasteiger partial charge in [-0.1, -0.05) is 31.4 Å². The molecule has 0 radical (unpaired) electrons. The van der Waals surface area contributed by atoms with E-state index in [2.05, 4.69) is 11.4 Å². The number of amides is 2. The van der Waals surface area contributed by atoms with E-state index >= 15 is 0 Å². The van der Waals surface area contributed by atoms with Crippen LogP contribution in [0.4, 0.5) is 18.9 Å². The van der Waals surface area contributed by atoms with Gasteiger partial charge in [-0.15, -0.1) is 0 Å². The van der Waals surface area contributed by atoms with Crippen LogP contribution in [-0.2, 0) is 15.8 Å². The van der Waals surface area contributed by atoms with Crippen LogP contribution in [0.1, 0.15) is 44.6 Å². The Bertz CT molecular complexity index is 813. The van der Waals surface area contributed by atoms with Gasteiger partial charge >= 0.3 is 6.18 Å². The lowest BCUT2D eigenvalue weighted by molar-refractivity contribution is -0.140. The quantitative estimate of drug-likeness (QED) is 0.756. The molecule has 0 saturated heterocycles. The zero-order chi connectivity index (χ0) is 22.5. The summed E-state index contributed by atoms with van der Waals surface area (Å²) in [6.07, 6.45) is -0.603. The fraction of sp³-hybridized carbons (Fsp3) is 0.571. The number of likely N-dealkylation sites (N-methyl/N-ethyl adjacent to an activating group) is 2. The topological polar surface area (TPSA) is 76.4 Å². The molecule has 0 spiro atoms. The predicted octanol–water partition coefficient (Wildman–Crippen LogP) is 3.65. The minimum Gasteiger partial charge on any atom is -0.326 e. The van der Waals surface area contributed by atoms with Gasteiger partial charge in [0.2, 0.25) is 11.8 Å². The summed E-state index contributed by atoms with van der Waals surface area (Å²) in [7, 11) is 3.15. The van der Waals surface area contributed by atoms with Crippen molar-refractivity contribution in [2.24, 2.45) is 0 Å². The molecule has 0 aliphatic heterocycles. The second kappa shape index (κ2) is 9.47. The Balaban J connectivity index is 2.03. The fourth-order valence-corrected chi connectivity index (χ4v) is 3.73. The van der Waals surface area contributed by atoms with Gasteiger partial charge in [-0.3, -0.25) is 14.5 Å². The van der Waals surface area contributed by atoms with Gasteiger partial charge in [0.25, 0.3) is 0 Å². The molecule has 2 rings (SSSR count). The van der Waals surface area contributed by atoms with Crippen molar-refractivity contribution in [3.63, 3.8) is 0 Å². The van der Waals surface area contributed by atoms with E-state index in [1.807, 2.05) is 0 Å². The number of para-hydroxylation sites is 1. The minimum atomic E-state index is -4.59. The SMILES string of the molecule is C[C@H](C(=O)N(C)C1(C#N)CCCCC1)N(C)CC(=O)Nc1ccccc1C(F)(F)F. The second-order valence-electron chi connectivity index (χ2n) is 7.78. The zero-order valence-electron chi connectivity index (χ0n) is 17.4. The third-order valence-corrected chi connectivity index (χ3v) is 5.78. The molecule has 1 aromatic carbocycles. The fourth-order valence-electron chi connectivity index (χ4n) is 3.73. The van der Waals surface area contributed by atoms with Crippen LogP contribution in [0, 0.1) is 11.3 Å². The van der Waals surface area contributed by atoms with E-state index in [0.29, 0.717) is 12.8 Å². The monoisotopic (exact) mass is 424 g/mol. The molecule has 1 N–H and O–H groups in total. The number of nitrogens with one attached hydrogen (secondary N) is 1. The van der Waals surface area contributed by atoms with Gasteiger partial charge in [0, 0.05) is 7.05 Å². The van der Waals surface area contributed by atoms with Crippen LogP contribution in [0.25, 0.3) is 0 Å². The number of carbonyl (C=O) groups excluding carboxylic acids is 2. The lowest BCUT2D eigenvalue weighted by Crippen LogP contribution is -2.55. The first-order valence-electron chi connectivity index (χ1n) is 9.87. The number of rotatable bonds is 6. The van der Waals surface area contributed by atoms with Crippen LogP contribution in [0.15, 0.2) is 24.3 Å². The minimum absolute atomic E-state index is 0.271. The van der Waals surface area contributed by atoms with Crippen molar-refractivity contribution in [3.8, 4) is 6.07 Å². The molecular formula is C21H27F3N4O2. The highest BCUT2D eigenvalue weighted by molar-refractivity contribution is 5.93. The van der Waals surface area contributed by atoms with Crippen LogP contribution in [0.3, 0.4) is 0 Å². The van der Waals surface area contributed by atoms with Crippen molar-refractivity contribution in [3.05, 3.63) is 29.8 Å². The number of halogens is 3. The third kappa shape index (κ3) is 5.30. The van der Waals surface area contributed by atoms with Crippen molar-refractivity contribution in [2.75, 3.05) is 26.0 Å². The second-order valence-corrected chi connectivity index (χ2v) is 7.78. The maximum Gasteiger partial charge on any atom is 0.418 e. The molecule has 6 nitrogen and oxygen atoms in total. The van der Waals surface area contributed by atoms with E-state index in [0.717, 1.165) is 25.3 Å². The number of benzene rings is 1. The van der Waals surface area contributed by atoms with Gasteiger partial charge in [0.05, 0.1) is 29.9 Å². The molecule has 164 valence electrons.